The number of thioether (sulfide) groups is 1. The number of imidazole rings is 1. The molecule has 2 amide bonds. The number of piperidine rings is 1. The van der Waals surface area contributed by atoms with Gasteiger partial charge < -0.3 is 15.2 Å². The molecule has 30 heavy (non-hydrogen) atoms. The van der Waals surface area contributed by atoms with Crippen LogP contribution >= 0.6 is 23.1 Å². The fourth-order valence-corrected chi connectivity index (χ4v) is 5.00. The van der Waals surface area contributed by atoms with E-state index in [9.17, 15) is 9.59 Å². The molecule has 0 radical (unpaired) electrons. The molecule has 1 atom stereocenters. The lowest BCUT2D eigenvalue weighted by Gasteiger charge is -2.31. The van der Waals surface area contributed by atoms with Crippen LogP contribution in [0, 0.1) is 5.92 Å². The summed E-state index contributed by atoms with van der Waals surface area (Å²) in [6.45, 7) is 1.24. The Morgan fingerprint density at radius 3 is 2.77 bits per heavy atom. The molecule has 0 unspecified atom stereocenters. The normalized spacial score (nSPS) is 16.0. The van der Waals surface area contributed by atoms with Crippen molar-refractivity contribution in [2.24, 2.45) is 5.92 Å². The van der Waals surface area contributed by atoms with Crippen molar-refractivity contribution in [3.05, 3.63) is 52.5 Å². The zero-order valence-corrected chi connectivity index (χ0v) is 18.6. The van der Waals surface area contributed by atoms with Crippen LogP contribution in [0.5, 0.6) is 0 Å². The van der Waals surface area contributed by atoms with Gasteiger partial charge in [0.05, 0.1) is 22.0 Å². The largest absolute Gasteiger partial charge is 0.346 e. The Balaban J connectivity index is 1.38. The van der Waals surface area contributed by atoms with Gasteiger partial charge in [-0.25, -0.2) is 4.98 Å². The minimum atomic E-state index is -0.136. The van der Waals surface area contributed by atoms with Crippen LogP contribution in [0.2, 0.25) is 0 Å². The van der Waals surface area contributed by atoms with E-state index in [0.29, 0.717) is 25.9 Å². The first-order valence-corrected chi connectivity index (χ1v) is 12.5. The van der Waals surface area contributed by atoms with Crippen LogP contribution in [0.15, 0.2) is 41.8 Å². The van der Waals surface area contributed by atoms with Crippen molar-refractivity contribution in [3.63, 3.8) is 0 Å². The number of hydrogen-bond donors (Lipinski definition) is 2. The van der Waals surface area contributed by atoms with Crippen molar-refractivity contribution in [2.75, 3.05) is 25.1 Å². The SMILES string of the molecule is CSCC[C@@H](NC(=O)C1CCN(C(=O)c2cccs2)CC1)c1nc2ccccc2[nH]1. The minimum Gasteiger partial charge on any atom is -0.346 e. The predicted molar refractivity (Wildman–Crippen MR) is 123 cm³/mol. The predicted octanol–water partition coefficient (Wildman–Crippen LogP) is 4.09. The molecule has 0 spiro atoms. The summed E-state index contributed by atoms with van der Waals surface area (Å²) in [5, 5.41) is 5.14. The molecule has 0 saturated carbocycles. The van der Waals surface area contributed by atoms with Crippen molar-refractivity contribution < 1.29 is 9.59 Å². The molecular formula is C22H26N4O2S2. The van der Waals surface area contributed by atoms with E-state index in [-0.39, 0.29) is 23.8 Å². The third-order valence-electron chi connectivity index (χ3n) is 5.55. The molecule has 8 heteroatoms. The van der Waals surface area contributed by atoms with Crippen molar-refractivity contribution in [1.29, 1.82) is 0 Å². The summed E-state index contributed by atoms with van der Waals surface area (Å²) in [5.41, 5.74) is 1.90. The zero-order valence-electron chi connectivity index (χ0n) is 17.0. The molecule has 0 bridgehead atoms. The molecule has 3 heterocycles. The molecule has 6 nitrogen and oxygen atoms in total. The Hall–Kier alpha value is -2.32. The summed E-state index contributed by atoms with van der Waals surface area (Å²) in [7, 11) is 0. The maximum Gasteiger partial charge on any atom is 0.263 e. The van der Waals surface area contributed by atoms with Crippen LogP contribution in [0.3, 0.4) is 0 Å². The highest BCUT2D eigenvalue weighted by Crippen LogP contribution is 2.24. The quantitative estimate of drug-likeness (QED) is 0.578. The Bertz CT molecular complexity index is 961. The van der Waals surface area contributed by atoms with Crippen LogP contribution in [0.1, 0.15) is 40.8 Å². The number of rotatable bonds is 7. The second-order valence-electron chi connectivity index (χ2n) is 7.53. The topological polar surface area (TPSA) is 78.1 Å². The molecule has 158 valence electrons. The smallest absolute Gasteiger partial charge is 0.263 e. The number of carbonyl (C=O) groups excluding carboxylic acids is 2. The lowest BCUT2D eigenvalue weighted by molar-refractivity contribution is -0.127. The summed E-state index contributed by atoms with van der Waals surface area (Å²) >= 11 is 3.22. The average molecular weight is 443 g/mol. The number of H-pyrrole nitrogens is 1. The number of aromatic amines is 1. The summed E-state index contributed by atoms with van der Waals surface area (Å²) in [4.78, 5) is 36.2. The highest BCUT2D eigenvalue weighted by atomic mass is 32.2. The van der Waals surface area contributed by atoms with E-state index >= 15 is 0 Å². The first kappa shape index (κ1) is 20.9. The van der Waals surface area contributed by atoms with Crippen molar-refractivity contribution in [3.8, 4) is 0 Å². The molecule has 2 N–H and O–H groups in total. The van der Waals surface area contributed by atoms with Gasteiger partial charge in [-0.3, -0.25) is 9.59 Å². The monoisotopic (exact) mass is 442 g/mol. The summed E-state index contributed by atoms with van der Waals surface area (Å²) in [5.74, 6) is 1.81. The van der Waals surface area contributed by atoms with Gasteiger partial charge >= 0.3 is 0 Å². The molecule has 1 fully saturated rings. The van der Waals surface area contributed by atoms with Crippen LogP contribution in [-0.4, -0.2) is 51.8 Å². The molecule has 3 aromatic rings. The van der Waals surface area contributed by atoms with E-state index in [4.69, 9.17) is 4.98 Å². The van der Waals surface area contributed by atoms with Gasteiger partial charge in [0.15, 0.2) is 0 Å². The van der Waals surface area contributed by atoms with Crippen molar-refractivity contribution in [2.45, 2.75) is 25.3 Å². The maximum atomic E-state index is 13.0. The number of thiophene rings is 1. The second kappa shape index (κ2) is 9.66. The number of amides is 2. The molecule has 2 aromatic heterocycles. The van der Waals surface area contributed by atoms with E-state index in [1.165, 1.54) is 11.3 Å². The minimum absolute atomic E-state index is 0.0600. The Morgan fingerprint density at radius 1 is 1.27 bits per heavy atom. The number of nitrogens with zero attached hydrogens (tertiary/aromatic N) is 2. The number of hydrogen-bond acceptors (Lipinski definition) is 5. The molecule has 1 aliphatic rings. The van der Waals surface area contributed by atoms with Gasteiger partial charge in [0.1, 0.15) is 5.82 Å². The zero-order chi connectivity index (χ0) is 20.9. The summed E-state index contributed by atoms with van der Waals surface area (Å²) in [6, 6.07) is 11.5. The average Bonchev–Trinajstić information content (AvgIpc) is 3.46. The van der Waals surface area contributed by atoms with Gasteiger partial charge in [-0.2, -0.15) is 11.8 Å². The number of benzene rings is 1. The van der Waals surface area contributed by atoms with E-state index in [0.717, 1.165) is 33.9 Å². The lowest BCUT2D eigenvalue weighted by Crippen LogP contribution is -2.43. The van der Waals surface area contributed by atoms with Gasteiger partial charge in [0, 0.05) is 19.0 Å². The van der Waals surface area contributed by atoms with E-state index in [1.54, 1.807) is 11.8 Å². The van der Waals surface area contributed by atoms with Gasteiger partial charge in [0.2, 0.25) is 5.91 Å². The number of aromatic nitrogens is 2. The number of nitrogens with one attached hydrogen (secondary N) is 2. The van der Waals surface area contributed by atoms with Crippen molar-refractivity contribution >= 4 is 45.9 Å². The Kier molecular flexibility index (Phi) is 6.74. The first-order chi connectivity index (χ1) is 14.7. The third kappa shape index (κ3) is 4.70. The number of likely N-dealkylation sites (tertiary alicyclic amines) is 1. The second-order valence-corrected chi connectivity index (χ2v) is 9.46. The van der Waals surface area contributed by atoms with Gasteiger partial charge in [-0.15, -0.1) is 11.3 Å². The van der Waals surface area contributed by atoms with Crippen LogP contribution in [0.4, 0.5) is 0 Å². The van der Waals surface area contributed by atoms with Crippen molar-refractivity contribution in [1.82, 2.24) is 20.2 Å². The lowest BCUT2D eigenvalue weighted by atomic mass is 9.95. The van der Waals surface area contributed by atoms with E-state index in [2.05, 4.69) is 16.6 Å². The molecule has 0 aliphatic carbocycles. The van der Waals surface area contributed by atoms with E-state index in [1.807, 2.05) is 46.7 Å². The molecular weight excluding hydrogens is 416 g/mol. The van der Waals surface area contributed by atoms with Crippen LogP contribution in [-0.2, 0) is 4.79 Å². The highest BCUT2D eigenvalue weighted by molar-refractivity contribution is 7.98. The standard InChI is InChI=1S/C22H26N4O2S2/c1-29-14-10-18(20-23-16-5-2-3-6-17(16)24-20)25-21(27)15-8-11-26(12-9-15)22(28)19-7-4-13-30-19/h2-7,13,15,18H,8-12,14H2,1H3,(H,23,24)(H,25,27)/t18-/m1/s1. The fourth-order valence-electron chi connectivity index (χ4n) is 3.84. The summed E-state index contributed by atoms with van der Waals surface area (Å²) in [6.07, 6.45) is 4.27. The Labute approximate surface area is 184 Å². The van der Waals surface area contributed by atoms with Gasteiger partial charge in [-0.05, 0) is 54.9 Å². The molecule has 1 aliphatic heterocycles. The molecule has 4 rings (SSSR count). The summed E-state index contributed by atoms with van der Waals surface area (Å²) < 4.78 is 0. The van der Waals surface area contributed by atoms with Crippen LogP contribution in [0.25, 0.3) is 11.0 Å². The van der Waals surface area contributed by atoms with Crippen LogP contribution < -0.4 is 5.32 Å². The molecule has 1 aromatic carbocycles. The van der Waals surface area contributed by atoms with Gasteiger partial charge in [0.25, 0.3) is 5.91 Å². The fraction of sp³-hybridized carbons (Fsp3) is 0.409. The number of para-hydroxylation sites is 2. The molecule has 1 saturated heterocycles. The van der Waals surface area contributed by atoms with Gasteiger partial charge in [-0.1, -0.05) is 18.2 Å². The highest BCUT2D eigenvalue weighted by Gasteiger charge is 2.30. The number of carbonyl (C=O) groups is 2. The Morgan fingerprint density at radius 2 is 2.07 bits per heavy atom. The maximum absolute atomic E-state index is 13.0. The number of fused-ring (bicyclic) bond motifs is 1. The first-order valence-electron chi connectivity index (χ1n) is 10.2. The third-order valence-corrected chi connectivity index (χ3v) is 7.05. The van der Waals surface area contributed by atoms with E-state index < -0.39 is 0 Å².